The fraction of sp³-hybridized carbons (Fsp3) is 0.222. The number of fused-ring (bicyclic) bond motifs is 1. The van der Waals surface area contributed by atoms with E-state index in [2.05, 4.69) is 10.3 Å². The Labute approximate surface area is 140 Å². The highest BCUT2D eigenvalue weighted by molar-refractivity contribution is 6.30. The summed E-state index contributed by atoms with van der Waals surface area (Å²) in [4.78, 5) is 16.5. The normalized spacial score (nSPS) is 12.3. The molecule has 1 unspecified atom stereocenters. The van der Waals surface area contributed by atoms with E-state index >= 15 is 0 Å². The van der Waals surface area contributed by atoms with E-state index < -0.39 is 0 Å². The molecule has 0 aliphatic carbocycles. The van der Waals surface area contributed by atoms with Crippen molar-refractivity contribution >= 4 is 28.5 Å². The number of aromatic nitrogens is 2. The summed E-state index contributed by atoms with van der Waals surface area (Å²) < 4.78 is 2.00. The topological polar surface area (TPSA) is 46.9 Å². The molecule has 2 aromatic carbocycles. The van der Waals surface area contributed by atoms with Crippen LogP contribution in [-0.2, 0) is 11.3 Å². The molecule has 4 nitrogen and oxygen atoms in total. The van der Waals surface area contributed by atoms with Crippen molar-refractivity contribution in [3.8, 4) is 0 Å². The van der Waals surface area contributed by atoms with Gasteiger partial charge in [-0.05, 0) is 36.8 Å². The van der Waals surface area contributed by atoms with Crippen LogP contribution in [0.15, 0.2) is 54.9 Å². The maximum Gasteiger partial charge on any atom is 0.222 e. The molecule has 1 heterocycles. The van der Waals surface area contributed by atoms with Crippen molar-refractivity contribution in [2.45, 2.75) is 25.9 Å². The number of aryl methyl sites for hydroxylation is 1. The van der Waals surface area contributed by atoms with E-state index in [0.29, 0.717) is 18.0 Å². The molecule has 23 heavy (non-hydrogen) atoms. The fourth-order valence-electron chi connectivity index (χ4n) is 2.56. The van der Waals surface area contributed by atoms with Crippen molar-refractivity contribution in [1.29, 1.82) is 0 Å². The summed E-state index contributed by atoms with van der Waals surface area (Å²) in [5.74, 6) is 0.0187. The minimum atomic E-state index is -0.0423. The lowest BCUT2D eigenvalue weighted by molar-refractivity contribution is -0.121. The zero-order valence-corrected chi connectivity index (χ0v) is 13.6. The Morgan fingerprint density at radius 2 is 1.96 bits per heavy atom. The van der Waals surface area contributed by atoms with E-state index in [4.69, 9.17) is 11.6 Å². The number of benzene rings is 2. The summed E-state index contributed by atoms with van der Waals surface area (Å²) in [7, 11) is 0. The van der Waals surface area contributed by atoms with Gasteiger partial charge in [-0.15, -0.1) is 0 Å². The minimum Gasteiger partial charge on any atom is -0.350 e. The smallest absolute Gasteiger partial charge is 0.222 e. The number of para-hydroxylation sites is 2. The molecule has 1 aromatic heterocycles. The Kier molecular flexibility index (Phi) is 4.63. The van der Waals surface area contributed by atoms with E-state index in [-0.39, 0.29) is 11.9 Å². The van der Waals surface area contributed by atoms with Gasteiger partial charge in [-0.2, -0.15) is 0 Å². The van der Waals surface area contributed by atoms with Gasteiger partial charge in [-0.1, -0.05) is 35.9 Å². The molecule has 1 atom stereocenters. The molecule has 0 fully saturated rings. The zero-order valence-electron chi connectivity index (χ0n) is 12.9. The monoisotopic (exact) mass is 327 g/mol. The highest BCUT2D eigenvalue weighted by Gasteiger charge is 2.10. The number of imidazole rings is 1. The summed E-state index contributed by atoms with van der Waals surface area (Å²) in [5.41, 5.74) is 3.03. The molecule has 0 saturated carbocycles. The van der Waals surface area contributed by atoms with Crippen LogP contribution in [0.5, 0.6) is 0 Å². The third-order valence-electron chi connectivity index (χ3n) is 3.85. The zero-order chi connectivity index (χ0) is 16.2. The Bertz CT molecular complexity index is 811. The van der Waals surface area contributed by atoms with Crippen LogP contribution in [0.2, 0.25) is 5.02 Å². The Morgan fingerprint density at radius 3 is 2.74 bits per heavy atom. The Morgan fingerprint density at radius 1 is 1.22 bits per heavy atom. The first-order chi connectivity index (χ1) is 11.1. The predicted octanol–water partition coefficient (Wildman–Crippen LogP) is 3.96. The summed E-state index contributed by atoms with van der Waals surface area (Å²) in [5, 5.41) is 3.70. The quantitative estimate of drug-likeness (QED) is 0.771. The first kappa shape index (κ1) is 15.6. The van der Waals surface area contributed by atoms with Gasteiger partial charge in [-0.3, -0.25) is 4.79 Å². The van der Waals surface area contributed by atoms with Gasteiger partial charge in [0.2, 0.25) is 5.91 Å². The lowest BCUT2D eigenvalue weighted by Gasteiger charge is -2.14. The van der Waals surface area contributed by atoms with Crippen LogP contribution in [-0.4, -0.2) is 15.5 Å². The number of carbonyl (C=O) groups is 1. The maximum atomic E-state index is 12.2. The second kappa shape index (κ2) is 6.84. The first-order valence-electron chi connectivity index (χ1n) is 7.58. The number of nitrogens with one attached hydrogen (secondary N) is 1. The van der Waals surface area contributed by atoms with E-state index in [1.165, 1.54) is 0 Å². The van der Waals surface area contributed by atoms with Crippen LogP contribution in [0.1, 0.15) is 24.9 Å². The number of hydrogen-bond donors (Lipinski definition) is 1. The number of rotatable bonds is 5. The molecule has 1 N–H and O–H groups in total. The summed E-state index contributed by atoms with van der Waals surface area (Å²) in [6, 6.07) is 15.4. The van der Waals surface area contributed by atoms with Crippen molar-refractivity contribution in [2.75, 3.05) is 0 Å². The van der Waals surface area contributed by atoms with Crippen molar-refractivity contribution in [2.24, 2.45) is 0 Å². The van der Waals surface area contributed by atoms with Gasteiger partial charge in [0, 0.05) is 18.0 Å². The molecule has 0 radical (unpaired) electrons. The van der Waals surface area contributed by atoms with Crippen molar-refractivity contribution in [3.05, 3.63) is 65.4 Å². The highest BCUT2D eigenvalue weighted by atomic mass is 35.5. The summed E-state index contributed by atoms with van der Waals surface area (Å²) >= 11 is 5.88. The van der Waals surface area contributed by atoms with Crippen molar-refractivity contribution in [3.63, 3.8) is 0 Å². The second-order valence-electron chi connectivity index (χ2n) is 5.52. The van der Waals surface area contributed by atoms with Crippen LogP contribution in [0, 0.1) is 0 Å². The van der Waals surface area contributed by atoms with E-state index in [9.17, 15) is 4.79 Å². The minimum absolute atomic E-state index is 0.0187. The van der Waals surface area contributed by atoms with E-state index in [1.54, 1.807) is 6.33 Å². The van der Waals surface area contributed by atoms with Gasteiger partial charge >= 0.3 is 0 Å². The van der Waals surface area contributed by atoms with Gasteiger partial charge in [0.1, 0.15) is 0 Å². The third-order valence-corrected chi connectivity index (χ3v) is 4.11. The van der Waals surface area contributed by atoms with E-state index in [1.807, 2.05) is 60.0 Å². The number of carbonyl (C=O) groups excluding carboxylic acids is 1. The first-order valence-corrected chi connectivity index (χ1v) is 7.96. The standard InChI is InChI=1S/C18H18ClN3O/c1-13(14-6-8-15(19)9-7-14)21-18(23)10-11-22-12-20-16-4-2-3-5-17(16)22/h2-9,12-13H,10-11H2,1H3,(H,21,23). The lowest BCUT2D eigenvalue weighted by atomic mass is 10.1. The van der Waals surface area contributed by atoms with Crippen LogP contribution in [0.3, 0.4) is 0 Å². The summed E-state index contributed by atoms with van der Waals surface area (Å²) in [6.07, 6.45) is 2.19. The van der Waals surface area contributed by atoms with Gasteiger partial charge in [0.05, 0.1) is 23.4 Å². The average molecular weight is 328 g/mol. The molecular formula is C18H18ClN3O. The molecule has 5 heteroatoms. The summed E-state index contributed by atoms with van der Waals surface area (Å²) in [6.45, 7) is 2.58. The average Bonchev–Trinajstić information content (AvgIpc) is 2.97. The lowest BCUT2D eigenvalue weighted by Crippen LogP contribution is -2.27. The van der Waals surface area contributed by atoms with Crippen LogP contribution in [0.25, 0.3) is 11.0 Å². The van der Waals surface area contributed by atoms with E-state index in [0.717, 1.165) is 16.6 Å². The molecule has 3 rings (SSSR count). The predicted molar refractivity (Wildman–Crippen MR) is 92.4 cm³/mol. The number of halogens is 1. The van der Waals surface area contributed by atoms with Crippen LogP contribution < -0.4 is 5.32 Å². The molecular weight excluding hydrogens is 310 g/mol. The molecule has 1 amide bonds. The molecule has 0 spiro atoms. The van der Waals surface area contributed by atoms with Crippen LogP contribution in [0.4, 0.5) is 0 Å². The van der Waals surface area contributed by atoms with Crippen molar-refractivity contribution in [1.82, 2.24) is 14.9 Å². The van der Waals surface area contributed by atoms with Gasteiger partial charge in [0.15, 0.2) is 0 Å². The number of amides is 1. The fourth-order valence-corrected chi connectivity index (χ4v) is 2.68. The number of hydrogen-bond acceptors (Lipinski definition) is 2. The third kappa shape index (κ3) is 3.71. The second-order valence-corrected chi connectivity index (χ2v) is 5.95. The molecule has 3 aromatic rings. The highest BCUT2D eigenvalue weighted by Crippen LogP contribution is 2.16. The SMILES string of the molecule is CC(NC(=O)CCn1cnc2ccccc21)c1ccc(Cl)cc1. The van der Waals surface area contributed by atoms with Gasteiger partial charge in [-0.25, -0.2) is 4.98 Å². The Balaban J connectivity index is 1.58. The Hall–Kier alpha value is -2.33. The maximum absolute atomic E-state index is 12.2. The number of nitrogens with zero attached hydrogens (tertiary/aromatic N) is 2. The van der Waals surface area contributed by atoms with Gasteiger partial charge in [0.25, 0.3) is 0 Å². The largest absolute Gasteiger partial charge is 0.350 e. The molecule has 0 bridgehead atoms. The van der Waals surface area contributed by atoms with Crippen LogP contribution >= 0.6 is 11.6 Å². The van der Waals surface area contributed by atoms with Crippen molar-refractivity contribution < 1.29 is 4.79 Å². The van der Waals surface area contributed by atoms with Gasteiger partial charge < -0.3 is 9.88 Å². The molecule has 0 aliphatic heterocycles. The molecule has 0 saturated heterocycles. The molecule has 118 valence electrons. The molecule has 0 aliphatic rings.